The lowest BCUT2D eigenvalue weighted by Crippen LogP contribution is -2.40. The number of amides is 1. The number of rotatable bonds is 4. The second kappa shape index (κ2) is 6.64. The second-order valence-corrected chi connectivity index (χ2v) is 6.39. The van der Waals surface area contributed by atoms with Crippen LogP contribution in [0.4, 0.5) is 10.1 Å². The van der Waals surface area contributed by atoms with Crippen molar-refractivity contribution in [3.8, 4) is 11.4 Å². The highest BCUT2D eigenvalue weighted by Gasteiger charge is 2.42. The number of halogens is 1. The minimum absolute atomic E-state index is 0.168. The molecule has 2 heterocycles. The van der Waals surface area contributed by atoms with Gasteiger partial charge in [-0.05, 0) is 25.1 Å². The molecule has 136 valence electrons. The van der Waals surface area contributed by atoms with E-state index in [2.05, 4.69) is 25.7 Å². The van der Waals surface area contributed by atoms with Crippen LogP contribution >= 0.6 is 0 Å². The smallest absolute Gasteiger partial charge is 0.271 e. The summed E-state index contributed by atoms with van der Waals surface area (Å²) in [5.41, 5.74) is 0.881. The highest BCUT2D eigenvalue weighted by Crippen LogP contribution is 2.29. The number of carbonyl (C=O) groups excluding carboxylic acids is 1. The maximum atomic E-state index is 14.0. The Bertz CT molecular complexity index is 1020. The third kappa shape index (κ3) is 3.29. The van der Waals surface area contributed by atoms with Crippen LogP contribution in [0.1, 0.15) is 18.9 Å². The molecule has 1 atom stereocenters. The Balaban J connectivity index is 1.49. The molecule has 1 aromatic heterocycles. The molecule has 1 aliphatic heterocycles. The van der Waals surface area contributed by atoms with Gasteiger partial charge in [0.2, 0.25) is 5.60 Å². The van der Waals surface area contributed by atoms with Crippen molar-refractivity contribution in [2.24, 2.45) is 5.16 Å². The van der Waals surface area contributed by atoms with Gasteiger partial charge in [-0.25, -0.2) is 9.37 Å². The Morgan fingerprint density at radius 2 is 2.11 bits per heavy atom. The summed E-state index contributed by atoms with van der Waals surface area (Å²) in [6.45, 7) is 1.62. The van der Waals surface area contributed by atoms with E-state index in [1.165, 1.54) is 12.4 Å². The summed E-state index contributed by atoms with van der Waals surface area (Å²) in [4.78, 5) is 22.2. The van der Waals surface area contributed by atoms with E-state index in [0.29, 0.717) is 22.8 Å². The van der Waals surface area contributed by atoms with E-state index in [4.69, 9.17) is 4.84 Å². The molecule has 4 rings (SSSR count). The van der Waals surface area contributed by atoms with Crippen LogP contribution in [-0.4, -0.2) is 32.4 Å². The fourth-order valence-corrected chi connectivity index (χ4v) is 2.85. The van der Waals surface area contributed by atoms with Gasteiger partial charge in [0.15, 0.2) is 5.82 Å². The molecule has 0 saturated carbocycles. The lowest BCUT2D eigenvalue weighted by atomic mass is 9.94. The third-order valence-corrected chi connectivity index (χ3v) is 4.34. The fourth-order valence-electron chi connectivity index (χ4n) is 2.85. The second-order valence-electron chi connectivity index (χ2n) is 6.39. The molecule has 0 spiro atoms. The zero-order chi connectivity index (χ0) is 18.9. The SMILES string of the molecule is CC1(C(=O)Nc2cccc(-c3ncn[nH]3)c2)CC(c2ccccc2F)=NO1. The van der Waals surface area contributed by atoms with Gasteiger partial charge in [0.1, 0.15) is 12.1 Å². The van der Waals surface area contributed by atoms with Crippen molar-refractivity contribution in [1.29, 1.82) is 0 Å². The van der Waals surface area contributed by atoms with E-state index < -0.39 is 11.4 Å². The molecule has 2 N–H and O–H groups in total. The molecule has 0 fully saturated rings. The van der Waals surface area contributed by atoms with Gasteiger partial charge < -0.3 is 10.2 Å². The highest BCUT2D eigenvalue weighted by atomic mass is 19.1. The Kier molecular flexibility index (Phi) is 4.15. The minimum Gasteiger partial charge on any atom is -0.379 e. The lowest BCUT2D eigenvalue weighted by molar-refractivity contribution is -0.135. The summed E-state index contributed by atoms with van der Waals surface area (Å²) in [5, 5.41) is 13.3. The van der Waals surface area contributed by atoms with E-state index in [1.54, 1.807) is 43.3 Å². The summed E-state index contributed by atoms with van der Waals surface area (Å²) < 4.78 is 14.0. The number of oxime groups is 1. The molecular formula is C19H16FN5O2. The van der Waals surface area contributed by atoms with Crippen molar-refractivity contribution in [2.45, 2.75) is 18.9 Å². The summed E-state index contributed by atoms with van der Waals surface area (Å²) in [6.07, 6.45) is 1.58. The van der Waals surface area contributed by atoms with Crippen LogP contribution in [0.15, 0.2) is 60.0 Å². The van der Waals surface area contributed by atoms with Gasteiger partial charge in [0.05, 0.1) is 5.71 Å². The zero-order valence-electron chi connectivity index (χ0n) is 14.4. The van der Waals surface area contributed by atoms with Crippen LogP contribution in [0, 0.1) is 5.82 Å². The minimum atomic E-state index is -1.22. The van der Waals surface area contributed by atoms with Crippen molar-refractivity contribution in [1.82, 2.24) is 15.2 Å². The average Bonchev–Trinajstić information content (AvgIpc) is 3.33. The van der Waals surface area contributed by atoms with E-state index in [9.17, 15) is 9.18 Å². The summed E-state index contributed by atoms with van der Waals surface area (Å²) in [6, 6.07) is 13.5. The lowest BCUT2D eigenvalue weighted by Gasteiger charge is -2.20. The zero-order valence-corrected chi connectivity index (χ0v) is 14.4. The Morgan fingerprint density at radius 3 is 2.89 bits per heavy atom. The number of anilines is 1. The predicted octanol–water partition coefficient (Wildman–Crippen LogP) is 3.13. The van der Waals surface area contributed by atoms with Crippen LogP contribution in [0.3, 0.4) is 0 Å². The molecule has 27 heavy (non-hydrogen) atoms. The van der Waals surface area contributed by atoms with Gasteiger partial charge in [-0.1, -0.05) is 35.5 Å². The number of nitrogens with one attached hydrogen (secondary N) is 2. The number of hydrogen-bond acceptors (Lipinski definition) is 5. The monoisotopic (exact) mass is 365 g/mol. The normalized spacial score (nSPS) is 18.7. The van der Waals surface area contributed by atoms with E-state index >= 15 is 0 Å². The Labute approximate surface area is 154 Å². The number of benzene rings is 2. The van der Waals surface area contributed by atoms with Crippen LogP contribution in [0.25, 0.3) is 11.4 Å². The van der Waals surface area contributed by atoms with Crippen LogP contribution < -0.4 is 5.32 Å². The predicted molar refractivity (Wildman–Crippen MR) is 97.5 cm³/mol. The first-order valence-electron chi connectivity index (χ1n) is 8.32. The van der Waals surface area contributed by atoms with E-state index in [-0.39, 0.29) is 12.3 Å². The van der Waals surface area contributed by atoms with Crippen molar-refractivity contribution in [3.63, 3.8) is 0 Å². The molecule has 7 nitrogen and oxygen atoms in total. The molecule has 1 amide bonds. The maximum Gasteiger partial charge on any atom is 0.271 e. The standard InChI is InChI=1S/C19H16FN5O2/c1-19(10-16(25-27-19)14-7-2-3-8-15(14)20)18(26)23-13-6-4-5-12(9-13)17-21-11-22-24-17/h2-9,11H,10H2,1H3,(H,23,26)(H,21,22,24). The van der Waals surface area contributed by atoms with Gasteiger partial charge in [0.25, 0.3) is 5.91 Å². The average molecular weight is 365 g/mol. The van der Waals surface area contributed by atoms with Gasteiger partial charge in [-0.3, -0.25) is 9.89 Å². The van der Waals surface area contributed by atoms with Gasteiger partial charge in [0, 0.05) is 23.2 Å². The first kappa shape index (κ1) is 16.9. The number of aromatic amines is 1. The van der Waals surface area contributed by atoms with Gasteiger partial charge >= 0.3 is 0 Å². The molecule has 2 aromatic carbocycles. The Morgan fingerprint density at radius 1 is 1.26 bits per heavy atom. The van der Waals surface area contributed by atoms with Crippen molar-refractivity contribution >= 4 is 17.3 Å². The third-order valence-electron chi connectivity index (χ3n) is 4.34. The number of H-pyrrole nitrogens is 1. The van der Waals surface area contributed by atoms with Crippen molar-refractivity contribution in [3.05, 3.63) is 66.2 Å². The molecule has 0 radical (unpaired) electrons. The van der Waals surface area contributed by atoms with Gasteiger partial charge in [-0.15, -0.1) is 0 Å². The first-order chi connectivity index (χ1) is 13.0. The molecule has 0 saturated heterocycles. The highest BCUT2D eigenvalue weighted by molar-refractivity contribution is 6.08. The molecule has 0 bridgehead atoms. The number of carbonyl (C=O) groups is 1. The first-order valence-corrected chi connectivity index (χ1v) is 8.32. The fraction of sp³-hybridized carbons (Fsp3) is 0.158. The molecule has 8 heteroatoms. The van der Waals surface area contributed by atoms with Crippen LogP contribution in [0.5, 0.6) is 0 Å². The summed E-state index contributed by atoms with van der Waals surface area (Å²) >= 11 is 0. The number of hydrogen-bond donors (Lipinski definition) is 2. The largest absolute Gasteiger partial charge is 0.379 e. The maximum absolute atomic E-state index is 14.0. The quantitative estimate of drug-likeness (QED) is 0.743. The molecule has 0 aliphatic carbocycles. The topological polar surface area (TPSA) is 92.3 Å². The molecule has 1 aliphatic rings. The number of nitrogens with zero attached hydrogens (tertiary/aromatic N) is 3. The van der Waals surface area contributed by atoms with E-state index in [0.717, 1.165) is 5.56 Å². The van der Waals surface area contributed by atoms with Crippen LogP contribution in [-0.2, 0) is 9.63 Å². The summed E-state index contributed by atoms with van der Waals surface area (Å²) in [7, 11) is 0. The molecule has 1 unspecified atom stereocenters. The van der Waals surface area contributed by atoms with E-state index in [1.807, 2.05) is 6.07 Å². The summed E-state index contributed by atoms with van der Waals surface area (Å²) in [5.74, 6) is -0.170. The number of aromatic nitrogens is 3. The van der Waals surface area contributed by atoms with Crippen LogP contribution in [0.2, 0.25) is 0 Å². The Hall–Kier alpha value is -3.55. The van der Waals surface area contributed by atoms with Gasteiger partial charge in [-0.2, -0.15) is 5.10 Å². The van der Waals surface area contributed by atoms with Crippen molar-refractivity contribution < 1.29 is 14.0 Å². The molecular weight excluding hydrogens is 349 g/mol. The van der Waals surface area contributed by atoms with Crippen molar-refractivity contribution in [2.75, 3.05) is 5.32 Å². The molecule has 3 aromatic rings.